The molecule has 1 heterocycles. The molecule has 0 bridgehead atoms. The van der Waals surface area contributed by atoms with E-state index in [1.165, 1.54) is 12.1 Å². The van der Waals surface area contributed by atoms with Crippen LogP contribution in [0.5, 0.6) is 5.75 Å². The molecule has 2 aromatic carbocycles. The van der Waals surface area contributed by atoms with Crippen molar-refractivity contribution in [2.75, 3.05) is 7.11 Å². The van der Waals surface area contributed by atoms with E-state index in [1.54, 1.807) is 36.8 Å². The fraction of sp³-hybridized carbons (Fsp3) is 0.0556. The molecule has 110 valence electrons. The molecular weight excluding hydrogens is 297 g/mol. The molecule has 0 aliphatic heterocycles. The topological polar surface area (TPSA) is 22.1 Å². The van der Waals surface area contributed by atoms with Crippen molar-refractivity contribution < 1.29 is 9.13 Å². The summed E-state index contributed by atoms with van der Waals surface area (Å²) in [7, 11) is 1.66. The molecule has 3 aromatic rings. The Morgan fingerprint density at radius 1 is 1.05 bits per heavy atom. The smallest absolute Gasteiger partial charge is 0.126 e. The van der Waals surface area contributed by atoms with Gasteiger partial charge >= 0.3 is 0 Å². The van der Waals surface area contributed by atoms with E-state index in [2.05, 4.69) is 4.98 Å². The lowest BCUT2D eigenvalue weighted by atomic mass is 10.2. The van der Waals surface area contributed by atoms with Crippen LogP contribution >= 0.6 is 11.3 Å². The van der Waals surface area contributed by atoms with Crippen LogP contribution in [0.2, 0.25) is 0 Å². The molecule has 0 saturated carbocycles. The van der Waals surface area contributed by atoms with Crippen molar-refractivity contribution >= 4 is 23.5 Å². The Balaban J connectivity index is 1.82. The number of rotatable bonds is 4. The molecule has 3 rings (SSSR count). The van der Waals surface area contributed by atoms with Crippen molar-refractivity contribution in [2.24, 2.45) is 0 Å². The Morgan fingerprint density at radius 2 is 1.82 bits per heavy atom. The zero-order chi connectivity index (χ0) is 15.4. The summed E-state index contributed by atoms with van der Waals surface area (Å²) in [4.78, 5) is 5.40. The summed E-state index contributed by atoms with van der Waals surface area (Å²) in [6.07, 6.45) is 5.74. The van der Waals surface area contributed by atoms with Gasteiger partial charge in [-0.3, -0.25) is 0 Å². The van der Waals surface area contributed by atoms with Gasteiger partial charge in [-0.25, -0.2) is 9.37 Å². The van der Waals surface area contributed by atoms with E-state index in [4.69, 9.17) is 4.74 Å². The minimum Gasteiger partial charge on any atom is -0.496 e. The second-order valence-corrected chi connectivity index (χ2v) is 5.71. The third-order valence-corrected chi connectivity index (χ3v) is 4.21. The minimum atomic E-state index is -0.232. The van der Waals surface area contributed by atoms with E-state index in [0.717, 1.165) is 26.8 Å². The van der Waals surface area contributed by atoms with Crippen LogP contribution in [0.25, 0.3) is 22.6 Å². The van der Waals surface area contributed by atoms with Gasteiger partial charge < -0.3 is 4.74 Å². The standard InChI is InChI=1S/C18H14FNOS/c1-21-16-5-3-2-4-13(16)8-11-18-20-12-17(22-18)14-6-9-15(19)10-7-14/h2-12H,1H3/b11-8+. The SMILES string of the molecule is COc1ccccc1/C=C/c1ncc(-c2ccc(F)cc2)s1. The van der Waals surface area contributed by atoms with Crippen LogP contribution in [0.15, 0.2) is 54.7 Å². The Labute approximate surface area is 132 Å². The molecule has 0 aliphatic carbocycles. The second kappa shape index (κ2) is 6.54. The molecule has 0 aliphatic rings. The number of hydrogen-bond acceptors (Lipinski definition) is 3. The highest BCUT2D eigenvalue weighted by Crippen LogP contribution is 2.28. The maximum absolute atomic E-state index is 13.0. The average Bonchev–Trinajstić information content (AvgIpc) is 3.03. The van der Waals surface area contributed by atoms with E-state index in [-0.39, 0.29) is 5.82 Å². The number of para-hydroxylation sites is 1. The molecule has 4 heteroatoms. The van der Waals surface area contributed by atoms with Gasteiger partial charge in [-0.2, -0.15) is 0 Å². The Kier molecular flexibility index (Phi) is 4.30. The number of aromatic nitrogens is 1. The highest BCUT2D eigenvalue weighted by atomic mass is 32.1. The first-order valence-electron chi connectivity index (χ1n) is 6.79. The number of thiazole rings is 1. The molecule has 0 unspecified atom stereocenters. The monoisotopic (exact) mass is 311 g/mol. The van der Waals surface area contributed by atoms with Crippen molar-refractivity contribution in [1.29, 1.82) is 0 Å². The predicted molar refractivity (Wildman–Crippen MR) is 89.4 cm³/mol. The van der Waals surface area contributed by atoms with E-state index in [9.17, 15) is 4.39 Å². The van der Waals surface area contributed by atoms with Gasteiger partial charge in [0, 0.05) is 11.8 Å². The van der Waals surface area contributed by atoms with Crippen molar-refractivity contribution in [2.45, 2.75) is 0 Å². The number of halogens is 1. The van der Waals surface area contributed by atoms with Crippen LogP contribution in [0, 0.1) is 5.82 Å². The average molecular weight is 311 g/mol. The highest BCUT2D eigenvalue weighted by Gasteiger charge is 2.03. The number of ether oxygens (including phenoxy) is 1. The zero-order valence-electron chi connectivity index (χ0n) is 12.0. The van der Waals surface area contributed by atoms with Gasteiger partial charge in [-0.05, 0) is 35.9 Å². The van der Waals surface area contributed by atoms with Gasteiger partial charge in [0.05, 0.1) is 12.0 Å². The first-order chi connectivity index (χ1) is 10.8. The van der Waals surface area contributed by atoms with E-state index in [1.807, 2.05) is 36.4 Å². The second-order valence-electron chi connectivity index (χ2n) is 4.64. The fourth-order valence-electron chi connectivity index (χ4n) is 2.08. The van der Waals surface area contributed by atoms with Gasteiger partial charge in [-0.1, -0.05) is 30.3 Å². The maximum atomic E-state index is 13.0. The van der Waals surface area contributed by atoms with Crippen LogP contribution in [0.1, 0.15) is 10.6 Å². The van der Waals surface area contributed by atoms with Gasteiger partial charge in [-0.15, -0.1) is 11.3 Å². The summed E-state index contributed by atoms with van der Waals surface area (Å²) < 4.78 is 18.3. The normalized spacial score (nSPS) is 11.0. The lowest BCUT2D eigenvalue weighted by Crippen LogP contribution is -1.85. The van der Waals surface area contributed by atoms with Crippen LogP contribution in [0.4, 0.5) is 4.39 Å². The van der Waals surface area contributed by atoms with Gasteiger partial charge in [0.25, 0.3) is 0 Å². The molecule has 0 N–H and O–H groups in total. The lowest BCUT2D eigenvalue weighted by Gasteiger charge is -2.02. The third kappa shape index (κ3) is 3.23. The summed E-state index contributed by atoms with van der Waals surface area (Å²) >= 11 is 1.56. The van der Waals surface area contributed by atoms with Crippen LogP contribution in [0.3, 0.4) is 0 Å². The number of methoxy groups -OCH3 is 1. The van der Waals surface area contributed by atoms with Crippen molar-refractivity contribution in [3.05, 3.63) is 71.1 Å². The summed E-state index contributed by atoms with van der Waals surface area (Å²) in [5.74, 6) is 0.596. The first-order valence-corrected chi connectivity index (χ1v) is 7.61. The Morgan fingerprint density at radius 3 is 2.59 bits per heavy atom. The predicted octanol–water partition coefficient (Wildman–Crippen LogP) is 5.13. The van der Waals surface area contributed by atoms with Crippen LogP contribution in [-0.4, -0.2) is 12.1 Å². The molecule has 2 nitrogen and oxygen atoms in total. The van der Waals surface area contributed by atoms with Crippen molar-refractivity contribution in [3.8, 4) is 16.2 Å². The lowest BCUT2D eigenvalue weighted by molar-refractivity contribution is 0.414. The molecule has 22 heavy (non-hydrogen) atoms. The summed E-state index contributed by atoms with van der Waals surface area (Å²) in [5.41, 5.74) is 1.97. The van der Waals surface area contributed by atoms with Crippen LogP contribution < -0.4 is 4.74 Å². The first kappa shape index (κ1) is 14.5. The molecular formula is C18H14FNOS. The summed E-state index contributed by atoms with van der Waals surface area (Å²) in [6.45, 7) is 0. The van der Waals surface area contributed by atoms with E-state index in [0.29, 0.717) is 0 Å². The van der Waals surface area contributed by atoms with Crippen molar-refractivity contribution in [3.63, 3.8) is 0 Å². The highest BCUT2D eigenvalue weighted by molar-refractivity contribution is 7.16. The molecule has 0 radical (unpaired) electrons. The number of hydrogen-bond donors (Lipinski definition) is 0. The number of nitrogens with zero attached hydrogens (tertiary/aromatic N) is 1. The van der Waals surface area contributed by atoms with Gasteiger partial charge in [0.15, 0.2) is 0 Å². The molecule has 0 saturated heterocycles. The van der Waals surface area contributed by atoms with E-state index >= 15 is 0 Å². The van der Waals surface area contributed by atoms with Gasteiger partial charge in [0.2, 0.25) is 0 Å². The number of benzene rings is 2. The van der Waals surface area contributed by atoms with E-state index < -0.39 is 0 Å². The van der Waals surface area contributed by atoms with Crippen LogP contribution in [-0.2, 0) is 0 Å². The zero-order valence-corrected chi connectivity index (χ0v) is 12.8. The summed E-state index contributed by atoms with van der Waals surface area (Å²) in [5, 5.41) is 0.894. The molecule has 0 amide bonds. The minimum absolute atomic E-state index is 0.232. The van der Waals surface area contributed by atoms with Gasteiger partial charge in [0.1, 0.15) is 16.6 Å². The maximum Gasteiger partial charge on any atom is 0.126 e. The third-order valence-electron chi connectivity index (χ3n) is 3.20. The Bertz CT molecular complexity index is 793. The molecule has 1 aromatic heterocycles. The molecule has 0 spiro atoms. The largest absolute Gasteiger partial charge is 0.496 e. The molecule has 0 fully saturated rings. The quantitative estimate of drug-likeness (QED) is 0.666. The fourth-order valence-corrected chi connectivity index (χ4v) is 2.90. The Hall–Kier alpha value is -2.46. The molecule has 0 atom stereocenters. The summed E-state index contributed by atoms with van der Waals surface area (Å²) in [6, 6.07) is 14.3. The van der Waals surface area contributed by atoms with Crippen molar-refractivity contribution in [1.82, 2.24) is 4.98 Å².